The third kappa shape index (κ3) is 4.99. The van der Waals surface area contributed by atoms with E-state index in [0.717, 1.165) is 22.3 Å². The third-order valence-corrected chi connectivity index (χ3v) is 4.72. The van der Waals surface area contributed by atoms with Crippen LogP contribution in [0.3, 0.4) is 0 Å². The molecule has 2 rings (SSSR count). The summed E-state index contributed by atoms with van der Waals surface area (Å²) in [6.07, 6.45) is 1.19. The zero-order valence-corrected chi connectivity index (χ0v) is 14.5. The lowest BCUT2D eigenvalue weighted by Crippen LogP contribution is -2.12. The highest BCUT2D eigenvalue weighted by molar-refractivity contribution is 8.01. The minimum Gasteiger partial charge on any atom is -0.491 e. The molecule has 1 aromatic heterocycles. The summed E-state index contributed by atoms with van der Waals surface area (Å²) in [4.78, 5) is 12.2. The Kier molecular flexibility index (Phi) is 6.21. The van der Waals surface area contributed by atoms with E-state index in [1.54, 1.807) is 36.0 Å². The number of thioether (sulfide) groups is 1. The lowest BCUT2D eigenvalue weighted by molar-refractivity contribution is 0.102. The average Bonchev–Trinajstić information content (AvgIpc) is 2.92. The van der Waals surface area contributed by atoms with Crippen LogP contribution in [0.15, 0.2) is 28.6 Å². The van der Waals surface area contributed by atoms with Crippen molar-refractivity contribution in [2.24, 2.45) is 0 Å². The molecule has 0 aliphatic rings. The van der Waals surface area contributed by atoms with E-state index in [9.17, 15) is 4.79 Å². The number of ether oxygens (including phenoxy) is 1. The second-order valence-corrected chi connectivity index (χ2v) is 7.19. The maximum atomic E-state index is 12.2. The fourth-order valence-electron chi connectivity index (χ4n) is 1.63. The second-order valence-electron chi connectivity index (χ2n) is 4.87. The molecule has 1 amide bonds. The number of rotatable bonds is 7. The van der Waals surface area contributed by atoms with Crippen LogP contribution in [-0.4, -0.2) is 28.0 Å². The number of hydrogen-bond acceptors (Lipinski definition) is 6. The van der Waals surface area contributed by atoms with Gasteiger partial charge in [-0.1, -0.05) is 30.0 Å². The number of carbonyl (C=O) groups excluding carboxylic acids is 1. The van der Waals surface area contributed by atoms with Crippen molar-refractivity contribution in [3.63, 3.8) is 0 Å². The van der Waals surface area contributed by atoms with Gasteiger partial charge in [-0.2, -0.15) is 0 Å². The summed E-state index contributed by atoms with van der Waals surface area (Å²) < 4.78 is 6.43. The van der Waals surface area contributed by atoms with E-state index < -0.39 is 0 Å². The lowest BCUT2D eigenvalue weighted by Gasteiger charge is -2.09. The van der Waals surface area contributed by atoms with Crippen molar-refractivity contribution >= 4 is 34.1 Å². The predicted molar refractivity (Wildman–Crippen MR) is 91.1 cm³/mol. The molecule has 0 saturated carbocycles. The van der Waals surface area contributed by atoms with E-state index in [4.69, 9.17) is 4.74 Å². The van der Waals surface area contributed by atoms with Crippen LogP contribution in [0, 0.1) is 0 Å². The van der Waals surface area contributed by atoms with Crippen LogP contribution >= 0.6 is 23.1 Å². The van der Waals surface area contributed by atoms with Gasteiger partial charge in [0.2, 0.25) is 5.13 Å². The van der Waals surface area contributed by atoms with E-state index in [2.05, 4.69) is 22.4 Å². The summed E-state index contributed by atoms with van der Waals surface area (Å²) in [6.45, 7) is 6.04. The number of amides is 1. The topological polar surface area (TPSA) is 64.1 Å². The fraction of sp³-hybridized carbons (Fsp3) is 0.400. The predicted octanol–water partition coefficient (Wildman–Crippen LogP) is 4.08. The van der Waals surface area contributed by atoms with E-state index in [1.165, 1.54) is 11.3 Å². The quantitative estimate of drug-likeness (QED) is 0.609. The molecule has 1 N–H and O–H groups in total. The van der Waals surface area contributed by atoms with Crippen molar-refractivity contribution in [2.45, 2.75) is 37.6 Å². The number of hydrogen-bond donors (Lipinski definition) is 1. The van der Waals surface area contributed by atoms with E-state index in [0.29, 0.717) is 10.7 Å². The van der Waals surface area contributed by atoms with Crippen LogP contribution in [0.25, 0.3) is 0 Å². The Bertz CT molecular complexity index is 612. The third-order valence-electron chi connectivity index (χ3n) is 2.54. The van der Waals surface area contributed by atoms with E-state index in [-0.39, 0.29) is 12.0 Å². The second kappa shape index (κ2) is 8.14. The molecular weight excluding hydrogens is 318 g/mol. The van der Waals surface area contributed by atoms with Crippen molar-refractivity contribution in [3.05, 3.63) is 29.8 Å². The molecule has 0 saturated heterocycles. The minimum atomic E-state index is -0.195. The van der Waals surface area contributed by atoms with Gasteiger partial charge in [-0.05, 0) is 44.5 Å². The van der Waals surface area contributed by atoms with Crippen LogP contribution in [0.2, 0.25) is 0 Å². The van der Waals surface area contributed by atoms with E-state index in [1.807, 2.05) is 13.8 Å². The first kappa shape index (κ1) is 16.8. The molecule has 0 fully saturated rings. The van der Waals surface area contributed by atoms with Gasteiger partial charge in [0.15, 0.2) is 4.34 Å². The van der Waals surface area contributed by atoms with Gasteiger partial charge < -0.3 is 4.74 Å². The van der Waals surface area contributed by atoms with Crippen molar-refractivity contribution < 1.29 is 9.53 Å². The summed E-state index contributed by atoms with van der Waals surface area (Å²) in [6, 6.07) is 7.05. The SMILES string of the molecule is CCCSc1nnc(NC(=O)c2ccc(OC(C)C)cc2)s1. The zero-order chi connectivity index (χ0) is 15.9. The highest BCUT2D eigenvalue weighted by Gasteiger charge is 2.10. The molecule has 1 heterocycles. The molecule has 118 valence electrons. The van der Waals surface area contributed by atoms with Gasteiger partial charge in [-0.25, -0.2) is 0 Å². The Balaban J connectivity index is 1.95. The number of anilines is 1. The molecule has 1 aromatic carbocycles. The standard InChI is InChI=1S/C15H19N3O2S2/c1-4-9-21-15-18-17-14(22-15)16-13(19)11-5-7-12(8-6-11)20-10(2)3/h5-8,10H,4,9H2,1-3H3,(H,16,17,19). The smallest absolute Gasteiger partial charge is 0.257 e. The molecule has 0 aliphatic carbocycles. The van der Waals surface area contributed by atoms with E-state index >= 15 is 0 Å². The molecule has 0 bridgehead atoms. The molecule has 5 nitrogen and oxygen atoms in total. The zero-order valence-electron chi connectivity index (χ0n) is 12.8. The Morgan fingerprint density at radius 1 is 1.32 bits per heavy atom. The summed E-state index contributed by atoms with van der Waals surface area (Å²) >= 11 is 3.04. The lowest BCUT2D eigenvalue weighted by atomic mass is 10.2. The maximum Gasteiger partial charge on any atom is 0.257 e. The number of aromatic nitrogens is 2. The number of benzene rings is 1. The summed E-state index contributed by atoms with van der Waals surface area (Å²) in [7, 11) is 0. The van der Waals surface area contributed by atoms with Gasteiger partial charge in [0.25, 0.3) is 5.91 Å². The van der Waals surface area contributed by atoms with Crippen molar-refractivity contribution in [1.82, 2.24) is 10.2 Å². The van der Waals surface area contributed by atoms with Gasteiger partial charge in [0, 0.05) is 11.3 Å². The highest BCUT2D eigenvalue weighted by Crippen LogP contribution is 2.26. The van der Waals surface area contributed by atoms with Crippen LogP contribution < -0.4 is 10.1 Å². The monoisotopic (exact) mass is 337 g/mol. The Morgan fingerprint density at radius 3 is 2.68 bits per heavy atom. The average molecular weight is 337 g/mol. The van der Waals surface area contributed by atoms with Crippen molar-refractivity contribution in [1.29, 1.82) is 0 Å². The van der Waals surface area contributed by atoms with Gasteiger partial charge in [-0.3, -0.25) is 10.1 Å². The molecule has 0 aliphatic heterocycles. The summed E-state index contributed by atoms with van der Waals surface area (Å²) in [5.41, 5.74) is 0.564. The molecule has 22 heavy (non-hydrogen) atoms. The minimum absolute atomic E-state index is 0.111. The fourth-order valence-corrected chi connectivity index (χ4v) is 3.31. The maximum absolute atomic E-state index is 12.2. The van der Waals surface area contributed by atoms with Gasteiger partial charge in [-0.15, -0.1) is 10.2 Å². The van der Waals surface area contributed by atoms with Gasteiger partial charge in [0.1, 0.15) is 5.75 Å². The first-order valence-electron chi connectivity index (χ1n) is 7.13. The number of nitrogens with zero attached hydrogens (tertiary/aromatic N) is 2. The van der Waals surface area contributed by atoms with Crippen molar-refractivity contribution in [2.75, 3.05) is 11.1 Å². The van der Waals surface area contributed by atoms with Crippen LogP contribution in [0.5, 0.6) is 5.75 Å². The first-order valence-corrected chi connectivity index (χ1v) is 8.93. The van der Waals surface area contributed by atoms with Crippen LogP contribution in [0.4, 0.5) is 5.13 Å². The van der Waals surface area contributed by atoms with Gasteiger partial charge in [0.05, 0.1) is 6.10 Å². The highest BCUT2D eigenvalue weighted by atomic mass is 32.2. The molecule has 7 heteroatoms. The largest absolute Gasteiger partial charge is 0.491 e. The normalized spacial score (nSPS) is 10.7. The Morgan fingerprint density at radius 2 is 2.05 bits per heavy atom. The molecule has 0 spiro atoms. The summed E-state index contributed by atoms with van der Waals surface area (Å²) in [5.74, 6) is 1.56. The Labute approximate surface area is 138 Å². The molecule has 0 atom stereocenters. The number of carbonyl (C=O) groups is 1. The van der Waals surface area contributed by atoms with Gasteiger partial charge >= 0.3 is 0 Å². The molecule has 0 unspecified atom stereocenters. The first-order chi connectivity index (χ1) is 10.6. The summed E-state index contributed by atoms with van der Waals surface area (Å²) in [5, 5.41) is 11.3. The molecule has 2 aromatic rings. The van der Waals surface area contributed by atoms with Crippen LogP contribution in [-0.2, 0) is 0 Å². The number of nitrogens with one attached hydrogen (secondary N) is 1. The Hall–Kier alpha value is -1.60. The molecular formula is C15H19N3O2S2. The van der Waals surface area contributed by atoms with Crippen LogP contribution in [0.1, 0.15) is 37.6 Å². The van der Waals surface area contributed by atoms with Crippen molar-refractivity contribution in [3.8, 4) is 5.75 Å². The molecule has 0 radical (unpaired) electrons.